The summed E-state index contributed by atoms with van der Waals surface area (Å²) in [6, 6.07) is 3.53. The highest BCUT2D eigenvalue weighted by atomic mass is 35.7. The van der Waals surface area contributed by atoms with Crippen LogP contribution < -0.4 is 0 Å². The third kappa shape index (κ3) is 2.29. The quantitative estimate of drug-likeness (QED) is 0.457. The van der Waals surface area contributed by atoms with Gasteiger partial charge in [-0.25, -0.2) is 8.42 Å². The molecular weight excluding hydrogens is 256 g/mol. The molecule has 0 N–H and O–H groups in total. The second kappa shape index (κ2) is 4.08. The van der Waals surface area contributed by atoms with Gasteiger partial charge in [-0.1, -0.05) is 0 Å². The van der Waals surface area contributed by atoms with Gasteiger partial charge in [-0.2, -0.15) is 5.26 Å². The van der Waals surface area contributed by atoms with E-state index in [1.165, 1.54) is 6.92 Å². The Morgan fingerprint density at radius 1 is 1.50 bits per heavy atom. The Labute approximate surface area is 95.6 Å². The smallest absolute Gasteiger partial charge is 0.258 e. The summed E-state index contributed by atoms with van der Waals surface area (Å²) in [5.74, 6) is 0. The number of nitro benzene ring substituents is 1. The highest BCUT2D eigenvalue weighted by Gasteiger charge is 2.22. The molecule has 0 aliphatic heterocycles. The maximum Gasteiger partial charge on any atom is 0.288 e. The maximum absolute atomic E-state index is 11.0. The topological polar surface area (TPSA) is 101 Å². The Bertz CT molecular complexity index is 603. The SMILES string of the molecule is Cc1cc(S(=O)(=O)Cl)cc([N+](=O)[O-])c1C#N. The van der Waals surface area contributed by atoms with Gasteiger partial charge < -0.3 is 0 Å². The molecule has 1 aromatic rings. The second-order valence-electron chi connectivity index (χ2n) is 2.94. The Morgan fingerprint density at radius 2 is 2.06 bits per heavy atom. The van der Waals surface area contributed by atoms with Gasteiger partial charge in [0, 0.05) is 16.7 Å². The number of nitrogens with zero attached hydrogens (tertiary/aromatic N) is 2. The zero-order valence-electron chi connectivity index (χ0n) is 7.97. The third-order valence-electron chi connectivity index (χ3n) is 1.88. The Kier molecular flexibility index (Phi) is 3.16. The van der Waals surface area contributed by atoms with E-state index >= 15 is 0 Å². The minimum absolute atomic E-state index is 0.172. The minimum Gasteiger partial charge on any atom is -0.258 e. The van der Waals surface area contributed by atoms with Gasteiger partial charge in [-0.05, 0) is 18.6 Å². The van der Waals surface area contributed by atoms with Crippen LogP contribution in [0.1, 0.15) is 11.1 Å². The van der Waals surface area contributed by atoms with Crippen LogP contribution in [0.5, 0.6) is 0 Å². The molecule has 16 heavy (non-hydrogen) atoms. The normalized spacial score (nSPS) is 10.8. The molecule has 0 amide bonds. The lowest BCUT2D eigenvalue weighted by atomic mass is 10.1. The van der Waals surface area contributed by atoms with E-state index < -0.39 is 24.6 Å². The molecule has 0 atom stereocenters. The lowest BCUT2D eigenvalue weighted by molar-refractivity contribution is -0.385. The van der Waals surface area contributed by atoms with E-state index in [1.807, 2.05) is 0 Å². The summed E-state index contributed by atoms with van der Waals surface area (Å²) < 4.78 is 22.0. The maximum atomic E-state index is 11.0. The number of aryl methyl sites for hydroxylation is 1. The Balaban J connectivity index is 3.67. The van der Waals surface area contributed by atoms with E-state index in [0.29, 0.717) is 0 Å². The summed E-state index contributed by atoms with van der Waals surface area (Å²) in [7, 11) is 1.02. The van der Waals surface area contributed by atoms with Gasteiger partial charge in [-0.15, -0.1) is 0 Å². The van der Waals surface area contributed by atoms with Crippen molar-refractivity contribution in [2.24, 2.45) is 0 Å². The molecule has 0 radical (unpaired) electrons. The number of hydrogen-bond donors (Lipinski definition) is 0. The van der Waals surface area contributed by atoms with Crippen LogP contribution in [-0.4, -0.2) is 13.3 Å². The van der Waals surface area contributed by atoms with Crippen LogP contribution in [0.15, 0.2) is 17.0 Å². The van der Waals surface area contributed by atoms with Crippen LogP contribution >= 0.6 is 10.7 Å². The molecule has 0 fully saturated rings. The van der Waals surface area contributed by atoms with Gasteiger partial charge >= 0.3 is 0 Å². The highest BCUT2D eigenvalue weighted by molar-refractivity contribution is 8.13. The first kappa shape index (κ1) is 12.4. The zero-order valence-corrected chi connectivity index (χ0v) is 9.54. The second-order valence-corrected chi connectivity index (χ2v) is 5.51. The van der Waals surface area contributed by atoms with E-state index in [9.17, 15) is 18.5 Å². The minimum atomic E-state index is -4.05. The molecule has 0 saturated heterocycles. The third-order valence-corrected chi connectivity index (χ3v) is 3.21. The van der Waals surface area contributed by atoms with Crippen molar-refractivity contribution in [3.63, 3.8) is 0 Å². The molecule has 84 valence electrons. The summed E-state index contributed by atoms with van der Waals surface area (Å²) in [5, 5.41) is 19.3. The molecule has 0 aliphatic rings. The van der Waals surface area contributed by atoms with Crippen LogP contribution in [0.2, 0.25) is 0 Å². The largest absolute Gasteiger partial charge is 0.288 e. The molecule has 6 nitrogen and oxygen atoms in total. The van der Waals surface area contributed by atoms with Crippen molar-refractivity contribution < 1.29 is 13.3 Å². The lowest BCUT2D eigenvalue weighted by Crippen LogP contribution is -1.99. The number of hydrogen-bond acceptors (Lipinski definition) is 5. The summed E-state index contributed by atoms with van der Waals surface area (Å²) >= 11 is 0. The fourth-order valence-electron chi connectivity index (χ4n) is 1.17. The molecule has 0 saturated carbocycles. The van der Waals surface area contributed by atoms with Crippen molar-refractivity contribution in [2.75, 3.05) is 0 Å². The molecule has 1 rings (SSSR count). The summed E-state index contributed by atoms with van der Waals surface area (Å²) in [5.41, 5.74) is -0.549. The van der Waals surface area contributed by atoms with Gasteiger partial charge in [0.1, 0.15) is 11.6 Å². The predicted molar refractivity (Wildman–Crippen MR) is 55.6 cm³/mol. The van der Waals surface area contributed by atoms with Gasteiger partial charge in [0.2, 0.25) is 0 Å². The van der Waals surface area contributed by atoms with Gasteiger partial charge in [0.15, 0.2) is 0 Å². The molecule has 0 bridgehead atoms. The van der Waals surface area contributed by atoms with Gasteiger partial charge in [-0.3, -0.25) is 10.1 Å². The predicted octanol–water partition coefficient (Wildman–Crippen LogP) is 1.70. The van der Waals surface area contributed by atoms with Gasteiger partial charge in [0.25, 0.3) is 14.7 Å². The molecule has 1 aromatic carbocycles. The van der Waals surface area contributed by atoms with Crippen LogP contribution in [0, 0.1) is 28.4 Å². The summed E-state index contributed by atoms with van der Waals surface area (Å²) in [6.45, 7) is 1.40. The van der Waals surface area contributed by atoms with Crippen molar-refractivity contribution in [2.45, 2.75) is 11.8 Å². The monoisotopic (exact) mass is 260 g/mol. The molecule has 0 unspecified atom stereocenters. The van der Waals surface area contributed by atoms with Crippen molar-refractivity contribution in [1.82, 2.24) is 0 Å². The first-order valence-electron chi connectivity index (χ1n) is 3.91. The molecular formula is C8H5ClN2O4S. The van der Waals surface area contributed by atoms with Crippen molar-refractivity contribution in [1.29, 1.82) is 5.26 Å². The highest BCUT2D eigenvalue weighted by Crippen LogP contribution is 2.27. The molecule has 0 heterocycles. The van der Waals surface area contributed by atoms with Crippen molar-refractivity contribution >= 4 is 25.4 Å². The number of nitro groups is 1. The molecule has 0 aromatic heterocycles. The van der Waals surface area contributed by atoms with E-state index in [0.717, 1.165) is 12.1 Å². The Morgan fingerprint density at radius 3 is 2.44 bits per heavy atom. The lowest BCUT2D eigenvalue weighted by Gasteiger charge is -2.02. The van der Waals surface area contributed by atoms with Crippen molar-refractivity contribution in [3.05, 3.63) is 33.4 Å². The van der Waals surface area contributed by atoms with E-state index in [4.69, 9.17) is 15.9 Å². The average Bonchev–Trinajstić information content (AvgIpc) is 2.14. The van der Waals surface area contributed by atoms with Crippen LogP contribution in [0.4, 0.5) is 5.69 Å². The molecule has 0 spiro atoms. The fourth-order valence-corrected chi connectivity index (χ4v) is 2.00. The number of halogens is 1. The van der Waals surface area contributed by atoms with E-state index in [1.54, 1.807) is 6.07 Å². The number of benzene rings is 1. The number of rotatable bonds is 2. The summed E-state index contributed by atoms with van der Waals surface area (Å²) in [4.78, 5) is 9.41. The van der Waals surface area contributed by atoms with Gasteiger partial charge in [0.05, 0.1) is 9.82 Å². The van der Waals surface area contributed by atoms with E-state index in [-0.39, 0.29) is 11.1 Å². The van der Waals surface area contributed by atoms with E-state index in [2.05, 4.69) is 0 Å². The van der Waals surface area contributed by atoms with Crippen LogP contribution in [0.3, 0.4) is 0 Å². The zero-order chi connectivity index (χ0) is 12.5. The average molecular weight is 261 g/mol. The number of nitriles is 1. The van der Waals surface area contributed by atoms with Crippen LogP contribution in [0.25, 0.3) is 0 Å². The summed E-state index contributed by atoms with van der Waals surface area (Å²) in [6.07, 6.45) is 0. The fraction of sp³-hybridized carbons (Fsp3) is 0.125. The first-order chi connectivity index (χ1) is 7.27. The molecule has 8 heteroatoms. The standard InChI is InChI=1S/C8H5ClN2O4S/c1-5-2-6(16(9,14)15)3-8(11(12)13)7(5)4-10/h2-3H,1H3. The Hall–Kier alpha value is -1.65. The molecule has 0 aliphatic carbocycles. The first-order valence-corrected chi connectivity index (χ1v) is 6.22. The van der Waals surface area contributed by atoms with Crippen molar-refractivity contribution in [3.8, 4) is 6.07 Å². The van der Waals surface area contributed by atoms with Crippen LogP contribution in [-0.2, 0) is 9.05 Å².